The van der Waals surface area contributed by atoms with E-state index < -0.39 is 0 Å². The highest BCUT2D eigenvalue weighted by atomic mass is 16.3. The van der Waals surface area contributed by atoms with Crippen molar-refractivity contribution >= 4 is 34.7 Å². The van der Waals surface area contributed by atoms with Gasteiger partial charge in [0.25, 0.3) is 0 Å². The summed E-state index contributed by atoms with van der Waals surface area (Å²) in [6.07, 6.45) is 4.36. The van der Waals surface area contributed by atoms with Crippen LogP contribution in [-0.2, 0) is 0 Å². The maximum atomic E-state index is 12.7. The highest BCUT2D eigenvalue weighted by Crippen LogP contribution is 2.25. The second-order valence-corrected chi connectivity index (χ2v) is 5.19. The average molecular weight is 334 g/mol. The number of aliphatic imine (C=N–C) groups is 1. The number of allylic oxidation sites excluding steroid dienone is 1. The number of carbonyl (C=O) groups excluding carboxylic acids is 1. The Labute approximate surface area is 142 Å². The van der Waals surface area contributed by atoms with Gasteiger partial charge in [0.2, 0.25) is 5.43 Å². The van der Waals surface area contributed by atoms with E-state index in [0.29, 0.717) is 17.5 Å². The third-order valence-electron chi connectivity index (χ3n) is 3.67. The molecule has 25 heavy (non-hydrogen) atoms. The number of benzene rings is 2. The van der Waals surface area contributed by atoms with Crippen LogP contribution in [0.3, 0.4) is 0 Å². The summed E-state index contributed by atoms with van der Waals surface area (Å²) in [5, 5.41) is 9.86. The van der Waals surface area contributed by atoms with E-state index in [9.17, 15) is 14.7 Å². The SMILES string of the molecule is NC=C(C=Nc1ccccc1)c1coc2c(C=O)c(O)ccc2c1=O. The Kier molecular flexibility index (Phi) is 4.43. The van der Waals surface area contributed by atoms with Gasteiger partial charge in [-0.15, -0.1) is 0 Å². The number of aromatic hydroxyl groups is 1. The van der Waals surface area contributed by atoms with Gasteiger partial charge < -0.3 is 15.3 Å². The normalized spacial score (nSPS) is 11.9. The smallest absolute Gasteiger partial charge is 0.200 e. The number of rotatable bonds is 4. The topological polar surface area (TPSA) is 106 Å². The Morgan fingerprint density at radius 3 is 2.60 bits per heavy atom. The van der Waals surface area contributed by atoms with Gasteiger partial charge in [0.15, 0.2) is 11.9 Å². The van der Waals surface area contributed by atoms with Crippen LogP contribution < -0.4 is 11.2 Å². The summed E-state index contributed by atoms with van der Waals surface area (Å²) in [6, 6.07) is 11.9. The number of nitrogens with zero attached hydrogens (tertiary/aromatic N) is 1. The van der Waals surface area contributed by atoms with Gasteiger partial charge in [-0.2, -0.15) is 0 Å². The highest BCUT2D eigenvalue weighted by Gasteiger charge is 2.15. The first-order valence-corrected chi connectivity index (χ1v) is 7.39. The van der Waals surface area contributed by atoms with Crippen molar-refractivity contribution in [2.75, 3.05) is 0 Å². The molecule has 1 aromatic heterocycles. The Morgan fingerprint density at radius 1 is 1.16 bits per heavy atom. The lowest BCUT2D eigenvalue weighted by Crippen LogP contribution is -2.10. The fraction of sp³-hybridized carbons (Fsp3) is 0. The standard InChI is InChI=1S/C19H14N2O4/c20-8-12(9-21-13-4-2-1-3-5-13)16-11-25-19-14(18(16)24)6-7-17(23)15(19)10-22/h1-11,23H,20H2. The minimum Gasteiger partial charge on any atom is -0.507 e. The molecule has 0 radical (unpaired) electrons. The van der Waals surface area contributed by atoms with E-state index in [4.69, 9.17) is 10.2 Å². The number of hydrogen-bond acceptors (Lipinski definition) is 6. The summed E-state index contributed by atoms with van der Waals surface area (Å²) >= 11 is 0. The van der Waals surface area contributed by atoms with Crippen molar-refractivity contribution in [1.82, 2.24) is 0 Å². The first-order valence-electron chi connectivity index (χ1n) is 7.39. The summed E-state index contributed by atoms with van der Waals surface area (Å²) < 4.78 is 5.41. The molecule has 0 aliphatic carbocycles. The van der Waals surface area contributed by atoms with Crippen LogP contribution in [0.1, 0.15) is 15.9 Å². The molecule has 6 heteroatoms. The van der Waals surface area contributed by atoms with Crippen molar-refractivity contribution in [2.45, 2.75) is 0 Å². The molecular formula is C19H14N2O4. The molecule has 0 unspecified atom stereocenters. The predicted molar refractivity (Wildman–Crippen MR) is 96.3 cm³/mol. The molecule has 0 amide bonds. The predicted octanol–water partition coefficient (Wildman–Crippen LogP) is 3.01. The fourth-order valence-electron chi connectivity index (χ4n) is 2.38. The van der Waals surface area contributed by atoms with Gasteiger partial charge in [0.05, 0.1) is 22.2 Å². The number of phenolic OH excluding ortho intramolecular Hbond substituents is 1. The van der Waals surface area contributed by atoms with Crippen LogP contribution in [0.4, 0.5) is 5.69 Å². The summed E-state index contributed by atoms with van der Waals surface area (Å²) in [4.78, 5) is 28.1. The number of fused-ring (bicyclic) bond motifs is 1. The molecule has 0 bridgehead atoms. The minimum atomic E-state index is -0.374. The fourth-order valence-corrected chi connectivity index (χ4v) is 2.38. The van der Waals surface area contributed by atoms with Crippen LogP contribution in [0.25, 0.3) is 16.5 Å². The number of hydrogen-bond donors (Lipinski definition) is 2. The summed E-state index contributed by atoms with van der Waals surface area (Å²) in [6.45, 7) is 0. The van der Waals surface area contributed by atoms with Crippen molar-refractivity contribution in [1.29, 1.82) is 0 Å². The van der Waals surface area contributed by atoms with Gasteiger partial charge in [-0.1, -0.05) is 18.2 Å². The third kappa shape index (κ3) is 3.05. The highest BCUT2D eigenvalue weighted by molar-refractivity contribution is 6.11. The van der Waals surface area contributed by atoms with E-state index in [1.807, 2.05) is 30.3 Å². The second kappa shape index (κ2) is 6.84. The molecule has 1 heterocycles. The van der Waals surface area contributed by atoms with Crippen molar-refractivity contribution in [3.05, 3.63) is 76.3 Å². The maximum Gasteiger partial charge on any atom is 0.200 e. The van der Waals surface area contributed by atoms with E-state index >= 15 is 0 Å². The molecule has 0 saturated carbocycles. The van der Waals surface area contributed by atoms with Crippen LogP contribution in [0, 0.1) is 0 Å². The van der Waals surface area contributed by atoms with Gasteiger partial charge in [0, 0.05) is 18.0 Å². The lowest BCUT2D eigenvalue weighted by atomic mass is 10.1. The van der Waals surface area contributed by atoms with Crippen molar-refractivity contribution in [3.8, 4) is 5.75 Å². The molecule has 0 atom stereocenters. The van der Waals surface area contributed by atoms with Crippen LogP contribution in [0.15, 0.2) is 69.1 Å². The summed E-state index contributed by atoms with van der Waals surface area (Å²) in [5.41, 5.74) is 6.50. The Balaban J connectivity index is 2.10. The van der Waals surface area contributed by atoms with E-state index in [1.54, 1.807) is 0 Å². The van der Waals surface area contributed by atoms with Crippen LogP contribution in [-0.4, -0.2) is 17.6 Å². The number of phenols is 1. The van der Waals surface area contributed by atoms with Crippen LogP contribution in [0.5, 0.6) is 5.75 Å². The number of aldehydes is 1. The third-order valence-corrected chi connectivity index (χ3v) is 3.67. The van der Waals surface area contributed by atoms with E-state index in [2.05, 4.69) is 4.99 Å². The van der Waals surface area contributed by atoms with Crippen LogP contribution in [0.2, 0.25) is 0 Å². The number of para-hydroxylation sites is 1. The number of nitrogens with two attached hydrogens (primary N) is 1. The zero-order valence-corrected chi connectivity index (χ0v) is 13.0. The van der Waals surface area contributed by atoms with Gasteiger partial charge in [0.1, 0.15) is 12.0 Å². The lowest BCUT2D eigenvalue weighted by molar-refractivity contribution is 0.112. The van der Waals surface area contributed by atoms with Crippen molar-refractivity contribution in [3.63, 3.8) is 0 Å². The largest absolute Gasteiger partial charge is 0.507 e. The minimum absolute atomic E-state index is 0.0279. The molecule has 124 valence electrons. The van der Waals surface area contributed by atoms with Gasteiger partial charge >= 0.3 is 0 Å². The molecule has 6 nitrogen and oxygen atoms in total. The molecule has 2 aromatic carbocycles. The van der Waals surface area contributed by atoms with Gasteiger partial charge in [-0.3, -0.25) is 14.6 Å². The molecule has 0 saturated heterocycles. The average Bonchev–Trinajstić information content (AvgIpc) is 2.64. The summed E-state index contributed by atoms with van der Waals surface area (Å²) in [5.74, 6) is -0.251. The van der Waals surface area contributed by atoms with Gasteiger partial charge in [-0.05, 0) is 24.3 Å². The molecule has 3 N–H and O–H groups in total. The van der Waals surface area contributed by atoms with E-state index in [1.165, 1.54) is 30.8 Å². The monoisotopic (exact) mass is 334 g/mol. The van der Waals surface area contributed by atoms with Crippen molar-refractivity contribution in [2.24, 2.45) is 10.7 Å². The van der Waals surface area contributed by atoms with Gasteiger partial charge in [-0.25, -0.2) is 0 Å². The molecular weight excluding hydrogens is 320 g/mol. The quantitative estimate of drug-likeness (QED) is 0.563. The Bertz CT molecular complexity index is 1050. The molecule has 3 rings (SSSR count). The summed E-state index contributed by atoms with van der Waals surface area (Å²) in [7, 11) is 0. The lowest BCUT2D eigenvalue weighted by Gasteiger charge is -2.05. The molecule has 3 aromatic rings. The first kappa shape index (κ1) is 16.2. The molecule has 0 aliphatic heterocycles. The second-order valence-electron chi connectivity index (χ2n) is 5.19. The van der Waals surface area contributed by atoms with Crippen LogP contribution >= 0.6 is 0 Å². The van der Waals surface area contributed by atoms with E-state index in [0.717, 1.165) is 0 Å². The van der Waals surface area contributed by atoms with Crippen molar-refractivity contribution < 1.29 is 14.3 Å². The Hall–Kier alpha value is -3.67. The molecule has 0 spiro atoms. The maximum absolute atomic E-state index is 12.7. The Morgan fingerprint density at radius 2 is 1.92 bits per heavy atom. The number of carbonyl (C=O) groups is 1. The molecule has 0 fully saturated rings. The zero-order chi connectivity index (χ0) is 17.8. The van der Waals surface area contributed by atoms with E-state index in [-0.39, 0.29) is 33.3 Å². The first-order chi connectivity index (χ1) is 12.2. The molecule has 0 aliphatic rings. The zero-order valence-electron chi connectivity index (χ0n) is 13.0.